The maximum atomic E-state index is 10.9. The van der Waals surface area contributed by atoms with E-state index in [4.69, 9.17) is 14.0 Å². The minimum Gasteiger partial charge on any atom is -0.486 e. The number of hydrogen-bond donors (Lipinski definition) is 0. The van der Waals surface area contributed by atoms with Crippen molar-refractivity contribution in [2.24, 2.45) is 0 Å². The van der Waals surface area contributed by atoms with Crippen LogP contribution in [0.5, 0.6) is 5.75 Å². The van der Waals surface area contributed by atoms with Crippen LogP contribution in [-0.2, 0) is 18.0 Å². The molecule has 2 aromatic rings. The molecular formula is C13H12N2O6. The van der Waals surface area contributed by atoms with Gasteiger partial charge in [0.2, 0.25) is 0 Å². The molecule has 0 aliphatic heterocycles. The summed E-state index contributed by atoms with van der Waals surface area (Å²) in [6.07, 6.45) is 0.501. The van der Waals surface area contributed by atoms with E-state index in [0.717, 1.165) is 6.07 Å². The minimum absolute atomic E-state index is 0.0753. The number of aromatic nitrogens is 1. The zero-order valence-corrected chi connectivity index (χ0v) is 11.1. The third-order valence-corrected chi connectivity index (χ3v) is 2.60. The Morgan fingerprint density at radius 1 is 1.38 bits per heavy atom. The Morgan fingerprint density at radius 3 is 2.86 bits per heavy atom. The van der Waals surface area contributed by atoms with Crippen LogP contribution >= 0.6 is 0 Å². The second-order valence-corrected chi connectivity index (χ2v) is 4.10. The molecule has 2 rings (SSSR count). The Bertz CT molecular complexity index is 652. The predicted molar refractivity (Wildman–Crippen MR) is 70.0 cm³/mol. The Balaban J connectivity index is 2.08. The molecule has 0 amide bonds. The second-order valence-electron chi connectivity index (χ2n) is 4.10. The smallest absolute Gasteiger partial charge is 0.270 e. The molecule has 0 saturated heterocycles. The Morgan fingerprint density at radius 2 is 2.19 bits per heavy atom. The first-order valence-electron chi connectivity index (χ1n) is 5.94. The van der Waals surface area contributed by atoms with E-state index in [2.05, 4.69) is 5.16 Å². The van der Waals surface area contributed by atoms with Crippen molar-refractivity contribution in [2.45, 2.75) is 13.2 Å². The lowest BCUT2D eigenvalue weighted by Crippen LogP contribution is -1.99. The zero-order valence-electron chi connectivity index (χ0n) is 11.1. The van der Waals surface area contributed by atoms with Crippen molar-refractivity contribution in [3.8, 4) is 5.75 Å². The number of carbonyl (C=O) groups excluding carboxylic acids is 1. The van der Waals surface area contributed by atoms with Crippen molar-refractivity contribution >= 4 is 12.0 Å². The van der Waals surface area contributed by atoms with Crippen LogP contribution < -0.4 is 4.74 Å². The molecule has 0 saturated carbocycles. The average molecular weight is 292 g/mol. The van der Waals surface area contributed by atoms with Gasteiger partial charge in [0.05, 0.1) is 10.5 Å². The van der Waals surface area contributed by atoms with Crippen LogP contribution in [0.15, 0.2) is 28.8 Å². The summed E-state index contributed by atoms with van der Waals surface area (Å²) >= 11 is 0. The van der Waals surface area contributed by atoms with Crippen molar-refractivity contribution in [3.63, 3.8) is 0 Å². The fourth-order valence-corrected chi connectivity index (χ4v) is 1.66. The molecule has 0 aliphatic rings. The zero-order chi connectivity index (χ0) is 15.2. The Labute approximate surface area is 119 Å². The molecule has 8 nitrogen and oxygen atoms in total. The highest BCUT2D eigenvalue weighted by Gasteiger charge is 2.12. The van der Waals surface area contributed by atoms with Gasteiger partial charge in [0, 0.05) is 25.3 Å². The first-order valence-corrected chi connectivity index (χ1v) is 5.94. The van der Waals surface area contributed by atoms with Crippen molar-refractivity contribution in [3.05, 3.63) is 51.4 Å². The van der Waals surface area contributed by atoms with Crippen LogP contribution in [0.2, 0.25) is 0 Å². The molecule has 21 heavy (non-hydrogen) atoms. The highest BCUT2D eigenvalue weighted by atomic mass is 16.6. The molecule has 0 spiro atoms. The van der Waals surface area contributed by atoms with Crippen LogP contribution in [0, 0.1) is 10.1 Å². The molecule has 0 aliphatic carbocycles. The fraction of sp³-hybridized carbons (Fsp3) is 0.231. The Hall–Kier alpha value is -2.74. The van der Waals surface area contributed by atoms with Gasteiger partial charge in [0.1, 0.15) is 24.7 Å². The van der Waals surface area contributed by atoms with E-state index < -0.39 is 4.92 Å². The van der Waals surface area contributed by atoms with Gasteiger partial charge in [0.15, 0.2) is 12.0 Å². The summed E-state index contributed by atoms with van der Waals surface area (Å²) in [6, 6.07) is 5.45. The van der Waals surface area contributed by atoms with Crippen molar-refractivity contribution in [1.82, 2.24) is 5.16 Å². The second kappa shape index (κ2) is 6.62. The minimum atomic E-state index is -0.578. The van der Waals surface area contributed by atoms with Gasteiger partial charge in [-0.2, -0.15) is 0 Å². The lowest BCUT2D eigenvalue weighted by molar-refractivity contribution is -0.384. The van der Waals surface area contributed by atoms with Gasteiger partial charge in [-0.1, -0.05) is 5.16 Å². The number of nitrogens with zero attached hydrogens (tertiary/aromatic N) is 2. The number of nitro groups is 1. The standard InChI is InChI=1S/C13H12N2O6/c1-19-8-12-5-10(14-21-12)7-20-13-3-2-11(15(17)18)4-9(13)6-16/h2-6H,7-8H2,1H3. The highest BCUT2D eigenvalue weighted by molar-refractivity contribution is 5.80. The SMILES string of the molecule is COCc1cc(COc2ccc([N+](=O)[O-])cc2C=O)no1. The summed E-state index contributed by atoms with van der Waals surface area (Å²) < 4.78 is 15.3. The number of carbonyl (C=O) groups is 1. The number of non-ortho nitro benzene ring substituents is 1. The van der Waals surface area contributed by atoms with E-state index in [-0.39, 0.29) is 23.6 Å². The first kappa shape index (κ1) is 14.7. The molecule has 1 aromatic heterocycles. The van der Waals surface area contributed by atoms with Crippen LogP contribution in [0.25, 0.3) is 0 Å². The van der Waals surface area contributed by atoms with E-state index >= 15 is 0 Å². The number of benzene rings is 1. The van der Waals surface area contributed by atoms with E-state index in [0.29, 0.717) is 24.3 Å². The molecule has 1 aromatic carbocycles. The lowest BCUT2D eigenvalue weighted by atomic mass is 10.2. The van der Waals surface area contributed by atoms with Crippen LogP contribution in [0.4, 0.5) is 5.69 Å². The van der Waals surface area contributed by atoms with Crippen LogP contribution in [0.3, 0.4) is 0 Å². The monoisotopic (exact) mass is 292 g/mol. The number of methoxy groups -OCH3 is 1. The maximum absolute atomic E-state index is 10.9. The summed E-state index contributed by atoms with van der Waals surface area (Å²) in [5, 5.41) is 14.4. The van der Waals surface area contributed by atoms with Crippen LogP contribution in [-0.4, -0.2) is 23.5 Å². The maximum Gasteiger partial charge on any atom is 0.270 e. The van der Waals surface area contributed by atoms with Gasteiger partial charge in [0.25, 0.3) is 5.69 Å². The van der Waals surface area contributed by atoms with E-state index in [1.165, 1.54) is 19.2 Å². The number of rotatable bonds is 7. The highest BCUT2D eigenvalue weighted by Crippen LogP contribution is 2.23. The van der Waals surface area contributed by atoms with Gasteiger partial charge in [-0.25, -0.2) is 0 Å². The first-order chi connectivity index (χ1) is 10.1. The number of hydrogen-bond acceptors (Lipinski definition) is 7. The summed E-state index contributed by atoms with van der Waals surface area (Å²) in [5.74, 6) is 0.794. The van der Waals surface area contributed by atoms with E-state index in [9.17, 15) is 14.9 Å². The molecule has 0 fully saturated rings. The molecule has 110 valence electrons. The summed E-state index contributed by atoms with van der Waals surface area (Å²) in [4.78, 5) is 21.0. The topological polar surface area (TPSA) is 105 Å². The third kappa shape index (κ3) is 3.63. The molecule has 0 radical (unpaired) electrons. The van der Waals surface area contributed by atoms with Crippen LogP contribution in [0.1, 0.15) is 21.8 Å². The van der Waals surface area contributed by atoms with Gasteiger partial charge in [-0.05, 0) is 6.07 Å². The molecular weight excluding hydrogens is 280 g/mol. The van der Waals surface area contributed by atoms with E-state index in [1.54, 1.807) is 6.07 Å². The molecule has 0 bridgehead atoms. The van der Waals surface area contributed by atoms with Crippen molar-refractivity contribution in [1.29, 1.82) is 0 Å². The summed E-state index contributed by atoms with van der Waals surface area (Å²) in [6.45, 7) is 0.371. The van der Waals surface area contributed by atoms with Crippen molar-refractivity contribution < 1.29 is 23.7 Å². The predicted octanol–water partition coefficient (Wildman–Crippen LogP) is 2.12. The van der Waals surface area contributed by atoms with Crippen molar-refractivity contribution in [2.75, 3.05) is 7.11 Å². The molecule has 0 unspecified atom stereocenters. The fourth-order valence-electron chi connectivity index (χ4n) is 1.66. The van der Waals surface area contributed by atoms with Gasteiger partial charge >= 0.3 is 0 Å². The molecule has 1 heterocycles. The Kier molecular flexibility index (Phi) is 4.62. The summed E-state index contributed by atoms with van der Waals surface area (Å²) in [5.41, 5.74) is 0.454. The average Bonchev–Trinajstić information content (AvgIpc) is 2.93. The van der Waals surface area contributed by atoms with E-state index in [1.807, 2.05) is 0 Å². The summed E-state index contributed by atoms with van der Waals surface area (Å²) in [7, 11) is 1.53. The molecule has 0 atom stereocenters. The van der Waals surface area contributed by atoms with Gasteiger partial charge in [-0.15, -0.1) is 0 Å². The third-order valence-electron chi connectivity index (χ3n) is 2.60. The molecule has 8 heteroatoms. The number of nitro benzene ring substituents is 1. The quantitative estimate of drug-likeness (QED) is 0.437. The van der Waals surface area contributed by atoms with Gasteiger partial charge < -0.3 is 14.0 Å². The largest absolute Gasteiger partial charge is 0.486 e. The van der Waals surface area contributed by atoms with Gasteiger partial charge in [-0.3, -0.25) is 14.9 Å². The number of aldehydes is 1. The lowest BCUT2D eigenvalue weighted by Gasteiger charge is -2.06. The molecule has 0 N–H and O–H groups in total. The normalized spacial score (nSPS) is 10.3. The number of ether oxygens (including phenoxy) is 2.